The molecule has 0 atom stereocenters. The van der Waals surface area contributed by atoms with E-state index in [1.807, 2.05) is 18.3 Å². The summed E-state index contributed by atoms with van der Waals surface area (Å²) in [4.78, 5) is 17.0. The van der Waals surface area contributed by atoms with Gasteiger partial charge in [-0.05, 0) is 25.0 Å². The van der Waals surface area contributed by atoms with Crippen LogP contribution in [0.1, 0.15) is 12.8 Å². The number of hydrogen-bond acceptors (Lipinski definition) is 3. The first-order chi connectivity index (χ1) is 7.27. The van der Waals surface area contributed by atoms with Gasteiger partial charge in [-0.3, -0.25) is 9.78 Å². The number of hydrogen-bond donors (Lipinski definition) is 1. The van der Waals surface area contributed by atoms with Gasteiger partial charge in [-0.25, -0.2) is 0 Å². The second-order valence-corrected chi connectivity index (χ2v) is 3.81. The number of nitrogens with zero attached hydrogens (tertiary/aromatic N) is 2. The molecule has 0 aliphatic carbocycles. The van der Waals surface area contributed by atoms with E-state index in [4.69, 9.17) is 5.11 Å². The molecule has 1 N–H and O–H groups in total. The van der Waals surface area contributed by atoms with E-state index in [9.17, 15) is 4.79 Å². The molecule has 88 valence electrons. The average Bonchev–Trinajstić information content (AvgIpc) is 2.30. The lowest BCUT2D eigenvalue weighted by atomic mass is 9.97. The zero-order valence-corrected chi connectivity index (χ0v) is 9.69. The van der Waals surface area contributed by atoms with Crippen molar-refractivity contribution in [1.82, 2.24) is 4.98 Å². The third-order valence-corrected chi connectivity index (χ3v) is 2.86. The number of piperidine rings is 1. The van der Waals surface area contributed by atoms with Gasteiger partial charge in [-0.1, -0.05) is 0 Å². The highest BCUT2D eigenvalue weighted by Crippen LogP contribution is 2.22. The van der Waals surface area contributed by atoms with E-state index in [0.29, 0.717) is 0 Å². The normalized spacial score (nSPS) is 16.6. The number of rotatable bonds is 2. The molecule has 1 fully saturated rings. The minimum absolute atomic E-state index is 0. The van der Waals surface area contributed by atoms with Gasteiger partial charge in [-0.15, -0.1) is 12.4 Å². The maximum Gasteiger partial charge on any atom is 0.306 e. The highest BCUT2D eigenvalue weighted by atomic mass is 35.5. The van der Waals surface area contributed by atoms with Crippen molar-refractivity contribution < 1.29 is 9.90 Å². The van der Waals surface area contributed by atoms with Gasteiger partial charge in [0, 0.05) is 19.3 Å². The standard InChI is InChI=1S/C11H14N2O2.ClH/c14-11(15)9-3-6-13(7-4-9)10-2-1-5-12-8-10;/h1-2,5,8-9H,3-4,6-7H2,(H,14,15);1H. The number of halogens is 1. The topological polar surface area (TPSA) is 53.4 Å². The van der Waals surface area contributed by atoms with Crippen molar-refractivity contribution in [2.24, 2.45) is 5.92 Å². The molecule has 4 nitrogen and oxygen atoms in total. The Morgan fingerprint density at radius 2 is 2.12 bits per heavy atom. The van der Waals surface area contributed by atoms with Crippen molar-refractivity contribution in [3.63, 3.8) is 0 Å². The summed E-state index contributed by atoms with van der Waals surface area (Å²) in [5.74, 6) is -0.834. The Bertz CT molecular complexity index is 337. The summed E-state index contributed by atoms with van der Waals surface area (Å²) in [6, 6.07) is 3.91. The molecule has 1 saturated heterocycles. The van der Waals surface area contributed by atoms with E-state index in [1.165, 1.54) is 0 Å². The molecule has 1 aromatic rings. The van der Waals surface area contributed by atoms with Crippen LogP contribution in [0.3, 0.4) is 0 Å². The van der Waals surface area contributed by atoms with Crippen LogP contribution in [-0.2, 0) is 4.79 Å². The largest absolute Gasteiger partial charge is 0.481 e. The number of carboxylic acids is 1. The maximum absolute atomic E-state index is 10.8. The van der Waals surface area contributed by atoms with Gasteiger partial charge in [-0.2, -0.15) is 0 Å². The second kappa shape index (κ2) is 5.70. The number of carboxylic acid groups (broad SMARTS) is 1. The molecule has 2 heterocycles. The zero-order chi connectivity index (χ0) is 10.7. The lowest BCUT2D eigenvalue weighted by Gasteiger charge is -2.31. The molecule has 2 rings (SSSR count). The fourth-order valence-electron chi connectivity index (χ4n) is 1.93. The SMILES string of the molecule is Cl.O=C(O)C1CCN(c2cccnc2)CC1. The van der Waals surface area contributed by atoms with Gasteiger partial charge < -0.3 is 10.0 Å². The smallest absolute Gasteiger partial charge is 0.306 e. The van der Waals surface area contributed by atoms with Gasteiger partial charge >= 0.3 is 5.97 Å². The molecule has 1 aromatic heterocycles. The van der Waals surface area contributed by atoms with E-state index in [-0.39, 0.29) is 18.3 Å². The van der Waals surface area contributed by atoms with Crippen molar-refractivity contribution in [2.75, 3.05) is 18.0 Å². The van der Waals surface area contributed by atoms with Gasteiger partial charge in [0.1, 0.15) is 0 Å². The van der Waals surface area contributed by atoms with Crippen LogP contribution in [0.4, 0.5) is 5.69 Å². The lowest BCUT2D eigenvalue weighted by Crippen LogP contribution is -2.36. The highest BCUT2D eigenvalue weighted by Gasteiger charge is 2.24. The maximum atomic E-state index is 10.8. The van der Waals surface area contributed by atoms with Crippen molar-refractivity contribution in [2.45, 2.75) is 12.8 Å². The molecular weight excluding hydrogens is 228 g/mol. The number of aliphatic carboxylic acids is 1. The summed E-state index contributed by atoms with van der Waals surface area (Å²) >= 11 is 0. The quantitative estimate of drug-likeness (QED) is 0.859. The number of carbonyl (C=O) groups is 1. The van der Waals surface area contributed by atoms with E-state index >= 15 is 0 Å². The molecule has 0 saturated carbocycles. The summed E-state index contributed by atoms with van der Waals surface area (Å²) < 4.78 is 0. The Morgan fingerprint density at radius 3 is 2.62 bits per heavy atom. The molecule has 5 heteroatoms. The van der Waals surface area contributed by atoms with Crippen LogP contribution in [-0.4, -0.2) is 29.1 Å². The van der Waals surface area contributed by atoms with E-state index < -0.39 is 5.97 Å². The Balaban J connectivity index is 0.00000128. The predicted octanol–water partition coefficient (Wildman–Crippen LogP) is 1.80. The van der Waals surface area contributed by atoms with Crippen LogP contribution in [0.15, 0.2) is 24.5 Å². The predicted molar refractivity (Wildman–Crippen MR) is 64.1 cm³/mol. The van der Waals surface area contributed by atoms with Gasteiger partial charge in [0.05, 0.1) is 17.8 Å². The lowest BCUT2D eigenvalue weighted by molar-refractivity contribution is -0.142. The van der Waals surface area contributed by atoms with E-state index in [0.717, 1.165) is 31.6 Å². The highest BCUT2D eigenvalue weighted by molar-refractivity contribution is 5.85. The third-order valence-electron chi connectivity index (χ3n) is 2.86. The summed E-state index contributed by atoms with van der Waals surface area (Å²) in [5, 5.41) is 8.86. The Morgan fingerprint density at radius 1 is 1.44 bits per heavy atom. The van der Waals surface area contributed by atoms with Crippen molar-refractivity contribution in [1.29, 1.82) is 0 Å². The molecule has 0 aromatic carbocycles. The number of anilines is 1. The summed E-state index contributed by atoms with van der Waals surface area (Å²) in [5.41, 5.74) is 1.08. The van der Waals surface area contributed by atoms with Crippen LogP contribution in [0.25, 0.3) is 0 Å². The van der Waals surface area contributed by atoms with Gasteiger partial charge in [0.15, 0.2) is 0 Å². The number of aromatic nitrogens is 1. The van der Waals surface area contributed by atoms with Crippen molar-refractivity contribution >= 4 is 24.1 Å². The molecule has 16 heavy (non-hydrogen) atoms. The summed E-state index contributed by atoms with van der Waals surface area (Å²) in [6.07, 6.45) is 5.02. The van der Waals surface area contributed by atoms with Gasteiger partial charge in [0.2, 0.25) is 0 Å². The summed E-state index contributed by atoms with van der Waals surface area (Å²) in [7, 11) is 0. The Hall–Kier alpha value is -1.29. The molecular formula is C11H15ClN2O2. The molecule has 0 bridgehead atoms. The molecule has 0 spiro atoms. The zero-order valence-electron chi connectivity index (χ0n) is 8.87. The Kier molecular flexibility index (Phi) is 4.55. The average molecular weight is 243 g/mol. The van der Waals surface area contributed by atoms with Crippen LogP contribution in [0.2, 0.25) is 0 Å². The first kappa shape index (κ1) is 12.8. The van der Waals surface area contributed by atoms with Crippen LogP contribution in [0.5, 0.6) is 0 Å². The minimum Gasteiger partial charge on any atom is -0.481 e. The first-order valence-electron chi connectivity index (χ1n) is 5.15. The van der Waals surface area contributed by atoms with Crippen LogP contribution in [0, 0.1) is 5.92 Å². The van der Waals surface area contributed by atoms with Crippen LogP contribution < -0.4 is 4.90 Å². The fourth-order valence-corrected chi connectivity index (χ4v) is 1.93. The molecule has 0 unspecified atom stereocenters. The van der Waals surface area contributed by atoms with Gasteiger partial charge in [0.25, 0.3) is 0 Å². The van der Waals surface area contributed by atoms with Crippen molar-refractivity contribution in [3.05, 3.63) is 24.5 Å². The van der Waals surface area contributed by atoms with E-state index in [1.54, 1.807) is 6.20 Å². The monoisotopic (exact) mass is 242 g/mol. The second-order valence-electron chi connectivity index (χ2n) is 3.81. The summed E-state index contributed by atoms with van der Waals surface area (Å²) in [6.45, 7) is 1.62. The molecule has 1 aliphatic rings. The molecule has 0 amide bonds. The molecule has 1 aliphatic heterocycles. The van der Waals surface area contributed by atoms with Crippen LogP contribution >= 0.6 is 12.4 Å². The molecule has 0 radical (unpaired) electrons. The fraction of sp³-hybridized carbons (Fsp3) is 0.455. The first-order valence-corrected chi connectivity index (χ1v) is 5.15. The van der Waals surface area contributed by atoms with E-state index in [2.05, 4.69) is 9.88 Å². The minimum atomic E-state index is -0.666. The third kappa shape index (κ3) is 2.85. The van der Waals surface area contributed by atoms with Crippen molar-refractivity contribution in [3.8, 4) is 0 Å². The number of pyridine rings is 1. The Labute approximate surface area is 101 Å².